The van der Waals surface area contributed by atoms with Gasteiger partial charge in [0.05, 0.1) is 5.92 Å². The number of nitrogens with zero attached hydrogens (tertiary/aromatic N) is 3. The minimum atomic E-state index is -0.466. The van der Waals surface area contributed by atoms with Gasteiger partial charge in [0.2, 0.25) is 11.8 Å². The lowest BCUT2D eigenvalue weighted by Crippen LogP contribution is -2.62. The average molecular weight is 336 g/mol. The number of carbonyl (C=O) groups excluding carboxylic acids is 3. The molecule has 3 aliphatic rings. The van der Waals surface area contributed by atoms with Crippen LogP contribution in [-0.2, 0) is 9.59 Å². The molecule has 1 saturated carbocycles. The Morgan fingerprint density at radius 1 is 1.08 bits per heavy atom. The number of rotatable bonds is 4. The summed E-state index contributed by atoms with van der Waals surface area (Å²) in [6, 6.07) is -0.446. The number of hydrogen-bond donors (Lipinski definition) is 1. The van der Waals surface area contributed by atoms with Gasteiger partial charge >= 0.3 is 6.03 Å². The number of amides is 4. The van der Waals surface area contributed by atoms with Gasteiger partial charge in [-0.1, -0.05) is 19.8 Å². The molecule has 3 rings (SSSR count). The van der Waals surface area contributed by atoms with Gasteiger partial charge in [-0.25, -0.2) is 4.79 Å². The highest BCUT2D eigenvalue weighted by atomic mass is 16.2. The van der Waals surface area contributed by atoms with Crippen molar-refractivity contribution in [3.8, 4) is 0 Å². The SMILES string of the molecule is CC(CC1CC1)C(=O)N1CCN(C(=O)C2CN(C(N)=O)C2)C(C)C1. The molecule has 0 bridgehead atoms. The fourth-order valence-electron chi connectivity index (χ4n) is 3.80. The molecule has 0 aromatic rings. The number of carbonyl (C=O) groups is 3. The lowest BCUT2D eigenvalue weighted by molar-refractivity contribution is -0.149. The monoisotopic (exact) mass is 336 g/mol. The van der Waals surface area contributed by atoms with Crippen LogP contribution in [0.25, 0.3) is 0 Å². The van der Waals surface area contributed by atoms with E-state index in [1.807, 2.05) is 23.6 Å². The van der Waals surface area contributed by atoms with Gasteiger partial charge in [-0.05, 0) is 19.3 Å². The second kappa shape index (κ2) is 6.61. The number of nitrogens with two attached hydrogens (primary N) is 1. The van der Waals surface area contributed by atoms with E-state index in [0.29, 0.717) is 32.7 Å². The van der Waals surface area contributed by atoms with Crippen LogP contribution in [0.15, 0.2) is 0 Å². The van der Waals surface area contributed by atoms with Crippen molar-refractivity contribution in [1.29, 1.82) is 0 Å². The molecule has 2 saturated heterocycles. The third kappa shape index (κ3) is 3.49. The predicted molar refractivity (Wildman–Crippen MR) is 88.9 cm³/mol. The lowest BCUT2D eigenvalue weighted by Gasteiger charge is -2.45. The largest absolute Gasteiger partial charge is 0.351 e. The Kier molecular flexibility index (Phi) is 4.69. The molecule has 7 heteroatoms. The summed E-state index contributed by atoms with van der Waals surface area (Å²) in [5.41, 5.74) is 5.20. The normalized spacial score (nSPS) is 26.1. The first-order chi connectivity index (χ1) is 11.4. The number of primary amides is 1. The number of urea groups is 1. The summed E-state index contributed by atoms with van der Waals surface area (Å²) in [6.45, 7) is 6.64. The maximum Gasteiger partial charge on any atom is 0.314 e. The Morgan fingerprint density at radius 3 is 2.29 bits per heavy atom. The van der Waals surface area contributed by atoms with E-state index in [-0.39, 0.29) is 29.7 Å². The van der Waals surface area contributed by atoms with Crippen molar-refractivity contribution in [3.05, 3.63) is 0 Å². The summed E-state index contributed by atoms with van der Waals surface area (Å²) >= 11 is 0. The molecule has 134 valence electrons. The Balaban J connectivity index is 1.49. The molecule has 3 fully saturated rings. The first kappa shape index (κ1) is 17.0. The van der Waals surface area contributed by atoms with Gasteiger partial charge in [-0.3, -0.25) is 9.59 Å². The third-order valence-corrected chi connectivity index (χ3v) is 5.57. The van der Waals surface area contributed by atoms with E-state index in [9.17, 15) is 14.4 Å². The van der Waals surface area contributed by atoms with Crippen LogP contribution in [0.2, 0.25) is 0 Å². The molecule has 24 heavy (non-hydrogen) atoms. The maximum absolute atomic E-state index is 12.6. The predicted octanol–water partition coefficient (Wildman–Crippen LogP) is 0.492. The number of hydrogen-bond acceptors (Lipinski definition) is 3. The molecule has 4 amide bonds. The van der Waals surface area contributed by atoms with Crippen LogP contribution >= 0.6 is 0 Å². The quantitative estimate of drug-likeness (QED) is 0.811. The highest BCUT2D eigenvalue weighted by Gasteiger charge is 2.40. The zero-order valence-corrected chi connectivity index (χ0v) is 14.6. The van der Waals surface area contributed by atoms with Crippen molar-refractivity contribution < 1.29 is 14.4 Å². The summed E-state index contributed by atoms with van der Waals surface area (Å²) in [7, 11) is 0. The van der Waals surface area contributed by atoms with Gasteiger partial charge in [0.1, 0.15) is 0 Å². The molecule has 0 aromatic heterocycles. The summed E-state index contributed by atoms with van der Waals surface area (Å²) in [5, 5.41) is 0. The van der Waals surface area contributed by atoms with E-state index in [1.165, 1.54) is 17.7 Å². The Labute approximate surface area is 143 Å². The Bertz CT molecular complexity index is 528. The second-order valence-corrected chi connectivity index (χ2v) is 7.69. The van der Waals surface area contributed by atoms with E-state index in [0.717, 1.165) is 12.3 Å². The molecule has 1 aliphatic carbocycles. The van der Waals surface area contributed by atoms with Gasteiger partial charge in [-0.2, -0.15) is 0 Å². The van der Waals surface area contributed by atoms with Crippen LogP contribution < -0.4 is 5.73 Å². The molecule has 2 aliphatic heterocycles. The highest BCUT2D eigenvalue weighted by molar-refractivity contribution is 5.84. The molecular formula is C17H28N4O3. The zero-order chi connectivity index (χ0) is 17.4. The van der Waals surface area contributed by atoms with Gasteiger partial charge < -0.3 is 20.4 Å². The fourth-order valence-corrected chi connectivity index (χ4v) is 3.80. The van der Waals surface area contributed by atoms with Crippen molar-refractivity contribution in [1.82, 2.24) is 14.7 Å². The standard InChI is InChI=1S/C17H28N4O3/c1-11(7-13-3-4-13)15(22)19-5-6-21(12(2)8-19)16(23)14-9-20(10-14)17(18)24/h11-14H,3-10H2,1-2H3,(H2,18,24). The zero-order valence-electron chi connectivity index (χ0n) is 14.6. The highest BCUT2D eigenvalue weighted by Crippen LogP contribution is 2.35. The van der Waals surface area contributed by atoms with Crippen molar-refractivity contribution in [2.45, 2.75) is 39.2 Å². The fraction of sp³-hybridized carbons (Fsp3) is 0.824. The maximum atomic E-state index is 12.6. The van der Waals surface area contributed by atoms with E-state index in [1.54, 1.807) is 0 Å². The smallest absolute Gasteiger partial charge is 0.314 e. The molecule has 0 aromatic carbocycles. The lowest BCUT2D eigenvalue weighted by atomic mass is 9.97. The van der Waals surface area contributed by atoms with Crippen molar-refractivity contribution >= 4 is 17.8 Å². The second-order valence-electron chi connectivity index (χ2n) is 7.69. The van der Waals surface area contributed by atoms with Crippen LogP contribution in [0.1, 0.15) is 33.1 Å². The van der Waals surface area contributed by atoms with E-state index in [2.05, 4.69) is 0 Å². The van der Waals surface area contributed by atoms with Crippen LogP contribution in [0.4, 0.5) is 4.79 Å². The van der Waals surface area contributed by atoms with Crippen LogP contribution in [0.5, 0.6) is 0 Å². The van der Waals surface area contributed by atoms with Crippen molar-refractivity contribution in [2.24, 2.45) is 23.5 Å². The van der Waals surface area contributed by atoms with E-state index < -0.39 is 6.03 Å². The summed E-state index contributed by atoms with van der Waals surface area (Å²) in [6.07, 6.45) is 3.53. The minimum Gasteiger partial charge on any atom is -0.351 e. The molecule has 2 N–H and O–H groups in total. The van der Waals surface area contributed by atoms with Gasteiger partial charge in [-0.15, -0.1) is 0 Å². The molecule has 2 atom stereocenters. The van der Waals surface area contributed by atoms with Crippen molar-refractivity contribution in [2.75, 3.05) is 32.7 Å². The van der Waals surface area contributed by atoms with Crippen molar-refractivity contribution in [3.63, 3.8) is 0 Å². The van der Waals surface area contributed by atoms with E-state index >= 15 is 0 Å². The van der Waals surface area contributed by atoms with Crippen LogP contribution in [-0.4, -0.2) is 71.3 Å². The molecule has 7 nitrogen and oxygen atoms in total. The first-order valence-electron chi connectivity index (χ1n) is 9.00. The minimum absolute atomic E-state index is 0.0194. The topological polar surface area (TPSA) is 87.0 Å². The van der Waals surface area contributed by atoms with E-state index in [4.69, 9.17) is 5.73 Å². The Morgan fingerprint density at radius 2 is 1.75 bits per heavy atom. The summed E-state index contributed by atoms with van der Waals surface area (Å²) in [5.74, 6) is 0.997. The van der Waals surface area contributed by atoms with Crippen LogP contribution in [0, 0.1) is 17.8 Å². The van der Waals surface area contributed by atoms with Gasteiger partial charge in [0, 0.05) is 44.7 Å². The van der Waals surface area contributed by atoms with Crippen LogP contribution in [0.3, 0.4) is 0 Å². The Hall–Kier alpha value is -1.79. The van der Waals surface area contributed by atoms with Gasteiger partial charge in [0.25, 0.3) is 0 Å². The molecule has 0 spiro atoms. The van der Waals surface area contributed by atoms with Gasteiger partial charge in [0.15, 0.2) is 0 Å². The number of likely N-dealkylation sites (tertiary alicyclic amines) is 1. The third-order valence-electron chi connectivity index (χ3n) is 5.57. The number of piperazine rings is 1. The average Bonchev–Trinajstić information content (AvgIpc) is 3.28. The summed E-state index contributed by atoms with van der Waals surface area (Å²) in [4.78, 5) is 41.4. The molecular weight excluding hydrogens is 308 g/mol. The molecule has 0 radical (unpaired) electrons. The summed E-state index contributed by atoms with van der Waals surface area (Å²) < 4.78 is 0. The molecule has 2 unspecified atom stereocenters. The first-order valence-corrected chi connectivity index (χ1v) is 9.00. The molecule has 2 heterocycles.